The first-order chi connectivity index (χ1) is 10.3. The van der Waals surface area contributed by atoms with E-state index in [4.69, 9.17) is 5.26 Å². The quantitative estimate of drug-likeness (QED) is 0.849. The molecule has 0 fully saturated rings. The Morgan fingerprint density at radius 3 is 2.57 bits per heavy atom. The van der Waals surface area contributed by atoms with Crippen molar-refractivity contribution in [2.75, 3.05) is 5.32 Å². The average molecular weight is 272 g/mol. The summed E-state index contributed by atoms with van der Waals surface area (Å²) in [4.78, 5) is 11.9. The zero-order chi connectivity index (χ0) is 14.7. The summed E-state index contributed by atoms with van der Waals surface area (Å²) in [5.74, 6) is -0.0827. The molecule has 1 aliphatic rings. The standard InChI is InChI=1S/C18H12N2O/c19-12-14-10-8-13(9-11-14)4-3-6-16-15-5-1-2-7-17(15)20-18(16)21/h1-11H,(H,20,21)/b4-3+,16-6-. The third kappa shape index (κ3) is 2.60. The predicted molar refractivity (Wildman–Crippen MR) is 83.2 cm³/mol. The van der Waals surface area contributed by atoms with Gasteiger partial charge in [-0.25, -0.2) is 0 Å². The summed E-state index contributed by atoms with van der Waals surface area (Å²) in [6.45, 7) is 0. The number of hydrogen-bond acceptors (Lipinski definition) is 2. The van der Waals surface area contributed by atoms with Gasteiger partial charge >= 0.3 is 0 Å². The summed E-state index contributed by atoms with van der Waals surface area (Å²) in [5, 5.41) is 11.6. The van der Waals surface area contributed by atoms with Gasteiger partial charge in [-0.05, 0) is 29.8 Å². The minimum Gasteiger partial charge on any atom is -0.321 e. The first kappa shape index (κ1) is 12.9. The number of nitrogens with one attached hydrogen (secondary N) is 1. The van der Waals surface area contributed by atoms with Gasteiger partial charge in [0.05, 0.1) is 11.6 Å². The molecule has 2 aromatic rings. The number of carbonyl (C=O) groups excluding carboxylic acids is 1. The molecule has 0 aromatic heterocycles. The number of nitrogens with zero attached hydrogens (tertiary/aromatic N) is 1. The van der Waals surface area contributed by atoms with E-state index >= 15 is 0 Å². The van der Waals surface area contributed by atoms with Crippen molar-refractivity contribution in [3.63, 3.8) is 0 Å². The number of para-hydroxylation sites is 1. The van der Waals surface area contributed by atoms with Crippen LogP contribution >= 0.6 is 0 Å². The predicted octanol–water partition coefficient (Wildman–Crippen LogP) is 3.61. The lowest BCUT2D eigenvalue weighted by atomic mass is 10.1. The Bertz CT molecular complexity index is 793. The highest BCUT2D eigenvalue weighted by Gasteiger charge is 2.22. The minimum absolute atomic E-state index is 0.0827. The van der Waals surface area contributed by atoms with Crippen molar-refractivity contribution in [3.8, 4) is 6.07 Å². The van der Waals surface area contributed by atoms with Crippen LogP contribution in [0.4, 0.5) is 5.69 Å². The van der Waals surface area contributed by atoms with Crippen LogP contribution in [-0.2, 0) is 4.79 Å². The van der Waals surface area contributed by atoms with Gasteiger partial charge < -0.3 is 5.32 Å². The number of fused-ring (bicyclic) bond motifs is 1. The van der Waals surface area contributed by atoms with E-state index in [1.54, 1.807) is 18.2 Å². The van der Waals surface area contributed by atoms with Gasteiger partial charge in [0.15, 0.2) is 0 Å². The second kappa shape index (κ2) is 5.48. The van der Waals surface area contributed by atoms with Crippen molar-refractivity contribution in [3.05, 3.63) is 77.4 Å². The largest absolute Gasteiger partial charge is 0.321 e. The minimum atomic E-state index is -0.0827. The molecule has 1 amide bonds. The van der Waals surface area contributed by atoms with E-state index in [0.717, 1.165) is 16.8 Å². The number of anilines is 1. The highest BCUT2D eigenvalue weighted by atomic mass is 16.1. The van der Waals surface area contributed by atoms with Crippen molar-refractivity contribution >= 4 is 23.2 Å². The topological polar surface area (TPSA) is 52.9 Å². The summed E-state index contributed by atoms with van der Waals surface area (Å²) in [7, 11) is 0. The molecule has 3 rings (SSSR count). The third-order valence-electron chi connectivity index (χ3n) is 3.30. The lowest BCUT2D eigenvalue weighted by Crippen LogP contribution is -2.03. The lowest BCUT2D eigenvalue weighted by molar-refractivity contribution is -0.110. The Kier molecular flexibility index (Phi) is 3.36. The molecule has 100 valence electrons. The third-order valence-corrected chi connectivity index (χ3v) is 3.30. The zero-order valence-electron chi connectivity index (χ0n) is 11.2. The maximum absolute atomic E-state index is 11.9. The van der Waals surface area contributed by atoms with Crippen LogP contribution < -0.4 is 5.32 Å². The Hall–Kier alpha value is -3.12. The van der Waals surface area contributed by atoms with E-state index < -0.39 is 0 Å². The Morgan fingerprint density at radius 2 is 1.81 bits per heavy atom. The van der Waals surface area contributed by atoms with Crippen molar-refractivity contribution < 1.29 is 4.79 Å². The van der Waals surface area contributed by atoms with Crippen LogP contribution in [0.15, 0.2) is 60.7 Å². The lowest BCUT2D eigenvalue weighted by Gasteiger charge is -1.95. The molecule has 0 aliphatic carbocycles. The summed E-state index contributed by atoms with van der Waals surface area (Å²) in [5.41, 5.74) is 4.05. The van der Waals surface area contributed by atoms with Crippen molar-refractivity contribution in [1.29, 1.82) is 5.26 Å². The number of nitriles is 1. The van der Waals surface area contributed by atoms with E-state index in [9.17, 15) is 4.79 Å². The first-order valence-electron chi connectivity index (χ1n) is 6.57. The molecule has 0 spiro atoms. The summed E-state index contributed by atoms with van der Waals surface area (Å²) in [6, 6.07) is 17.0. The molecule has 21 heavy (non-hydrogen) atoms. The number of allylic oxidation sites excluding steroid dienone is 2. The Morgan fingerprint density at radius 1 is 1.05 bits per heavy atom. The number of carbonyl (C=O) groups is 1. The van der Waals surface area contributed by atoms with Gasteiger partial charge in [-0.1, -0.05) is 42.5 Å². The molecule has 0 radical (unpaired) electrons. The smallest absolute Gasteiger partial charge is 0.256 e. The number of benzene rings is 2. The molecular formula is C18H12N2O. The van der Waals surface area contributed by atoms with Crippen LogP contribution in [-0.4, -0.2) is 5.91 Å². The fraction of sp³-hybridized carbons (Fsp3) is 0. The van der Waals surface area contributed by atoms with Gasteiger partial charge in [0.1, 0.15) is 0 Å². The normalized spacial score (nSPS) is 15.0. The number of rotatable bonds is 2. The van der Waals surface area contributed by atoms with Gasteiger partial charge in [0, 0.05) is 16.8 Å². The van der Waals surface area contributed by atoms with Crippen LogP contribution in [0.3, 0.4) is 0 Å². The second-order valence-electron chi connectivity index (χ2n) is 4.67. The van der Waals surface area contributed by atoms with Gasteiger partial charge in [0.2, 0.25) is 0 Å². The van der Waals surface area contributed by atoms with Crippen LogP contribution in [0.5, 0.6) is 0 Å². The van der Waals surface area contributed by atoms with E-state index in [0.29, 0.717) is 11.1 Å². The van der Waals surface area contributed by atoms with Crippen molar-refractivity contribution in [2.45, 2.75) is 0 Å². The molecule has 0 atom stereocenters. The average Bonchev–Trinajstić information content (AvgIpc) is 2.84. The summed E-state index contributed by atoms with van der Waals surface area (Å²) >= 11 is 0. The molecule has 2 aromatic carbocycles. The molecule has 1 N–H and O–H groups in total. The van der Waals surface area contributed by atoms with Gasteiger partial charge in [0.25, 0.3) is 5.91 Å². The van der Waals surface area contributed by atoms with Gasteiger partial charge in [-0.3, -0.25) is 4.79 Å². The SMILES string of the molecule is N#Cc1ccc(/C=C/C=C2\C(=O)Nc3ccccc32)cc1. The number of amides is 1. The van der Waals surface area contributed by atoms with Crippen LogP contribution in [0.1, 0.15) is 16.7 Å². The second-order valence-corrected chi connectivity index (χ2v) is 4.67. The van der Waals surface area contributed by atoms with Crippen molar-refractivity contribution in [1.82, 2.24) is 0 Å². The monoisotopic (exact) mass is 272 g/mol. The van der Waals surface area contributed by atoms with Gasteiger partial charge in [-0.15, -0.1) is 0 Å². The molecule has 1 heterocycles. The highest BCUT2D eigenvalue weighted by Crippen LogP contribution is 2.31. The maximum Gasteiger partial charge on any atom is 0.256 e. The number of hydrogen-bond donors (Lipinski definition) is 1. The molecule has 0 saturated heterocycles. The van der Waals surface area contributed by atoms with Crippen LogP contribution in [0.25, 0.3) is 11.6 Å². The molecular weight excluding hydrogens is 260 g/mol. The fourth-order valence-electron chi connectivity index (χ4n) is 2.23. The van der Waals surface area contributed by atoms with E-state index in [-0.39, 0.29) is 5.91 Å². The highest BCUT2D eigenvalue weighted by molar-refractivity contribution is 6.31. The first-order valence-corrected chi connectivity index (χ1v) is 6.57. The molecule has 3 nitrogen and oxygen atoms in total. The van der Waals surface area contributed by atoms with Crippen LogP contribution in [0, 0.1) is 11.3 Å². The molecule has 0 unspecified atom stereocenters. The van der Waals surface area contributed by atoms with Gasteiger partial charge in [-0.2, -0.15) is 5.26 Å². The maximum atomic E-state index is 11.9. The fourth-order valence-corrected chi connectivity index (χ4v) is 2.23. The molecule has 1 aliphatic heterocycles. The summed E-state index contributed by atoms with van der Waals surface area (Å²) < 4.78 is 0. The Labute approximate surface area is 122 Å². The molecule has 0 saturated carbocycles. The van der Waals surface area contributed by atoms with E-state index in [1.807, 2.05) is 48.6 Å². The van der Waals surface area contributed by atoms with E-state index in [1.165, 1.54) is 0 Å². The van der Waals surface area contributed by atoms with Crippen LogP contribution in [0.2, 0.25) is 0 Å². The Balaban J connectivity index is 1.84. The van der Waals surface area contributed by atoms with E-state index in [2.05, 4.69) is 11.4 Å². The summed E-state index contributed by atoms with van der Waals surface area (Å²) in [6.07, 6.45) is 5.56. The molecule has 3 heteroatoms. The van der Waals surface area contributed by atoms with Crippen molar-refractivity contribution in [2.24, 2.45) is 0 Å². The molecule has 0 bridgehead atoms. The zero-order valence-corrected chi connectivity index (χ0v) is 11.2.